The van der Waals surface area contributed by atoms with E-state index in [0.29, 0.717) is 5.95 Å². The van der Waals surface area contributed by atoms with Gasteiger partial charge in [-0.1, -0.05) is 42.5 Å². The Morgan fingerprint density at radius 2 is 1.55 bits per heavy atom. The Morgan fingerprint density at radius 3 is 2.38 bits per heavy atom. The molecule has 1 saturated heterocycles. The Labute approximate surface area is 169 Å². The van der Waals surface area contributed by atoms with Gasteiger partial charge in [-0.05, 0) is 35.9 Å². The average Bonchev–Trinajstić information content (AvgIpc) is 2.79. The first-order valence-corrected chi connectivity index (χ1v) is 9.89. The molecule has 5 rings (SSSR count). The number of hydrogen-bond acceptors (Lipinski definition) is 6. The van der Waals surface area contributed by atoms with Crippen LogP contribution in [0.4, 0.5) is 11.8 Å². The summed E-state index contributed by atoms with van der Waals surface area (Å²) in [7, 11) is 0. The second-order valence-corrected chi connectivity index (χ2v) is 7.31. The van der Waals surface area contributed by atoms with E-state index in [4.69, 9.17) is 4.98 Å². The molecular formula is C23H22N6. The van der Waals surface area contributed by atoms with Gasteiger partial charge in [-0.25, -0.2) is 9.97 Å². The number of hydrogen-bond donors (Lipinski definition) is 0. The predicted octanol–water partition coefficient (Wildman–Crippen LogP) is 3.72. The van der Waals surface area contributed by atoms with E-state index in [2.05, 4.69) is 79.6 Å². The van der Waals surface area contributed by atoms with E-state index in [9.17, 15) is 0 Å². The molecule has 0 aliphatic carbocycles. The Hall–Kier alpha value is -3.54. The number of aryl methyl sites for hydroxylation is 1. The summed E-state index contributed by atoms with van der Waals surface area (Å²) in [5.41, 5.74) is 2.95. The highest BCUT2D eigenvalue weighted by Gasteiger charge is 2.20. The quantitative estimate of drug-likeness (QED) is 0.538. The van der Waals surface area contributed by atoms with Crippen LogP contribution in [-0.2, 0) is 0 Å². The Balaban J connectivity index is 1.35. The highest BCUT2D eigenvalue weighted by molar-refractivity contribution is 5.86. The SMILES string of the molecule is Cc1cccc(N2CCN(c3nncc(-c4ccc5ccccc5c4)n3)CC2)n1. The minimum Gasteiger partial charge on any atom is -0.353 e. The summed E-state index contributed by atoms with van der Waals surface area (Å²) in [4.78, 5) is 13.9. The van der Waals surface area contributed by atoms with Crippen molar-refractivity contribution in [1.82, 2.24) is 20.2 Å². The molecule has 0 unspecified atom stereocenters. The number of benzene rings is 2. The molecule has 0 spiro atoms. The van der Waals surface area contributed by atoms with Crippen LogP contribution in [0.15, 0.2) is 66.9 Å². The molecule has 1 fully saturated rings. The van der Waals surface area contributed by atoms with Crippen LogP contribution in [0.2, 0.25) is 0 Å². The van der Waals surface area contributed by atoms with Crippen LogP contribution in [0.25, 0.3) is 22.0 Å². The number of aromatic nitrogens is 4. The van der Waals surface area contributed by atoms with E-state index in [1.807, 2.05) is 13.0 Å². The molecule has 0 atom stereocenters. The molecule has 4 aromatic rings. The maximum absolute atomic E-state index is 4.80. The van der Waals surface area contributed by atoms with Gasteiger partial charge < -0.3 is 9.80 Å². The second-order valence-electron chi connectivity index (χ2n) is 7.31. The van der Waals surface area contributed by atoms with Gasteiger partial charge in [0.1, 0.15) is 5.82 Å². The zero-order valence-electron chi connectivity index (χ0n) is 16.4. The molecule has 0 amide bonds. The number of pyridine rings is 1. The zero-order valence-corrected chi connectivity index (χ0v) is 16.4. The second kappa shape index (κ2) is 7.47. The molecular weight excluding hydrogens is 360 g/mol. The molecule has 0 radical (unpaired) electrons. The average molecular weight is 382 g/mol. The van der Waals surface area contributed by atoms with Gasteiger partial charge in [-0.3, -0.25) is 0 Å². The fourth-order valence-electron chi connectivity index (χ4n) is 3.76. The summed E-state index contributed by atoms with van der Waals surface area (Å²) >= 11 is 0. The summed E-state index contributed by atoms with van der Waals surface area (Å²) in [6, 6.07) is 20.9. The molecule has 1 aliphatic heterocycles. The van der Waals surface area contributed by atoms with Crippen LogP contribution in [-0.4, -0.2) is 46.3 Å². The molecule has 3 heterocycles. The smallest absolute Gasteiger partial charge is 0.246 e. The summed E-state index contributed by atoms with van der Waals surface area (Å²) < 4.78 is 0. The van der Waals surface area contributed by atoms with Crippen LogP contribution in [0, 0.1) is 6.92 Å². The van der Waals surface area contributed by atoms with Crippen molar-refractivity contribution in [3.8, 4) is 11.3 Å². The summed E-state index contributed by atoms with van der Waals surface area (Å²) in [5.74, 6) is 1.72. The molecule has 0 bridgehead atoms. The number of rotatable bonds is 3. The highest BCUT2D eigenvalue weighted by atomic mass is 15.4. The van der Waals surface area contributed by atoms with E-state index >= 15 is 0 Å². The molecule has 0 saturated carbocycles. The largest absolute Gasteiger partial charge is 0.353 e. The van der Waals surface area contributed by atoms with Gasteiger partial charge in [0, 0.05) is 37.4 Å². The molecule has 0 N–H and O–H groups in total. The zero-order chi connectivity index (χ0) is 19.6. The van der Waals surface area contributed by atoms with Gasteiger partial charge in [0.05, 0.1) is 11.9 Å². The lowest BCUT2D eigenvalue weighted by Crippen LogP contribution is -2.47. The van der Waals surface area contributed by atoms with E-state index in [-0.39, 0.29) is 0 Å². The van der Waals surface area contributed by atoms with Crippen molar-refractivity contribution in [3.63, 3.8) is 0 Å². The van der Waals surface area contributed by atoms with Crippen molar-refractivity contribution in [3.05, 3.63) is 72.6 Å². The Morgan fingerprint density at radius 1 is 0.759 bits per heavy atom. The van der Waals surface area contributed by atoms with Gasteiger partial charge in [0.25, 0.3) is 0 Å². The van der Waals surface area contributed by atoms with Crippen molar-refractivity contribution in [1.29, 1.82) is 0 Å². The number of piperazine rings is 1. The minimum atomic E-state index is 0.688. The first-order chi connectivity index (χ1) is 14.3. The van der Waals surface area contributed by atoms with Crippen molar-refractivity contribution >= 4 is 22.5 Å². The lowest BCUT2D eigenvalue weighted by atomic mass is 10.1. The first-order valence-electron chi connectivity index (χ1n) is 9.89. The molecule has 29 heavy (non-hydrogen) atoms. The fourth-order valence-corrected chi connectivity index (χ4v) is 3.76. The van der Waals surface area contributed by atoms with E-state index in [1.54, 1.807) is 6.20 Å². The maximum atomic E-state index is 4.80. The van der Waals surface area contributed by atoms with Crippen molar-refractivity contribution < 1.29 is 0 Å². The highest BCUT2D eigenvalue weighted by Crippen LogP contribution is 2.24. The maximum Gasteiger partial charge on any atom is 0.246 e. The standard InChI is InChI=1S/C23H22N6/c1-17-5-4-8-22(25-17)28-11-13-29(14-12-28)23-26-21(16-24-27-23)20-10-9-18-6-2-3-7-19(18)15-20/h2-10,15-16H,11-14H2,1H3. The van der Waals surface area contributed by atoms with Crippen LogP contribution in [0.1, 0.15) is 5.69 Å². The lowest BCUT2D eigenvalue weighted by molar-refractivity contribution is 0.629. The van der Waals surface area contributed by atoms with Crippen LogP contribution in [0.3, 0.4) is 0 Å². The van der Waals surface area contributed by atoms with Gasteiger partial charge in [0.15, 0.2) is 0 Å². The molecule has 2 aromatic carbocycles. The minimum absolute atomic E-state index is 0.688. The third kappa shape index (κ3) is 3.61. The predicted molar refractivity (Wildman–Crippen MR) is 116 cm³/mol. The van der Waals surface area contributed by atoms with Crippen molar-refractivity contribution in [2.24, 2.45) is 0 Å². The van der Waals surface area contributed by atoms with Gasteiger partial charge in [-0.2, -0.15) is 5.10 Å². The van der Waals surface area contributed by atoms with Crippen molar-refractivity contribution in [2.45, 2.75) is 6.92 Å². The third-order valence-corrected chi connectivity index (χ3v) is 5.35. The Bertz CT molecular complexity index is 1150. The molecule has 2 aromatic heterocycles. The van der Waals surface area contributed by atoms with Crippen LogP contribution < -0.4 is 9.80 Å². The van der Waals surface area contributed by atoms with Gasteiger partial charge in [0.2, 0.25) is 5.95 Å². The van der Waals surface area contributed by atoms with Crippen LogP contribution >= 0.6 is 0 Å². The van der Waals surface area contributed by atoms with E-state index in [1.165, 1.54) is 10.8 Å². The first kappa shape index (κ1) is 17.6. The topological polar surface area (TPSA) is 58.0 Å². The molecule has 1 aliphatic rings. The van der Waals surface area contributed by atoms with E-state index in [0.717, 1.165) is 48.9 Å². The summed E-state index contributed by atoms with van der Waals surface area (Å²) in [6.07, 6.45) is 1.74. The fraction of sp³-hybridized carbons (Fsp3) is 0.217. The van der Waals surface area contributed by atoms with Gasteiger partial charge >= 0.3 is 0 Å². The molecule has 6 nitrogen and oxygen atoms in total. The number of nitrogens with zero attached hydrogens (tertiary/aromatic N) is 6. The summed E-state index contributed by atoms with van der Waals surface area (Å²) in [5, 5.41) is 10.9. The number of anilines is 2. The third-order valence-electron chi connectivity index (χ3n) is 5.35. The van der Waals surface area contributed by atoms with Crippen molar-refractivity contribution in [2.75, 3.05) is 36.0 Å². The lowest BCUT2D eigenvalue weighted by Gasteiger charge is -2.35. The monoisotopic (exact) mass is 382 g/mol. The van der Waals surface area contributed by atoms with Gasteiger partial charge in [-0.15, -0.1) is 5.10 Å². The van der Waals surface area contributed by atoms with Crippen LogP contribution in [0.5, 0.6) is 0 Å². The molecule has 6 heteroatoms. The molecule has 144 valence electrons. The summed E-state index contributed by atoms with van der Waals surface area (Å²) in [6.45, 7) is 5.49. The normalized spacial score (nSPS) is 14.4. The Kier molecular flexibility index (Phi) is 4.52. The number of fused-ring (bicyclic) bond motifs is 1. The van der Waals surface area contributed by atoms with E-state index < -0.39 is 0 Å².